The van der Waals surface area contributed by atoms with Crippen LogP contribution in [0.15, 0.2) is 18.2 Å². The molecule has 1 amide bonds. The van der Waals surface area contributed by atoms with Crippen LogP contribution in [-0.2, 0) is 9.84 Å². The van der Waals surface area contributed by atoms with Crippen molar-refractivity contribution in [2.45, 2.75) is 12.5 Å². The van der Waals surface area contributed by atoms with Crippen molar-refractivity contribution in [3.05, 3.63) is 34.6 Å². The second-order valence-corrected chi connectivity index (χ2v) is 7.26. The summed E-state index contributed by atoms with van der Waals surface area (Å²) in [7, 11) is -1.59. The van der Waals surface area contributed by atoms with Gasteiger partial charge < -0.3 is 4.90 Å². The van der Waals surface area contributed by atoms with Crippen molar-refractivity contribution in [2.75, 3.05) is 18.6 Å². The number of halogens is 2. The van der Waals surface area contributed by atoms with Crippen LogP contribution in [0.2, 0.25) is 5.02 Å². The minimum absolute atomic E-state index is 0.0650. The second kappa shape index (κ2) is 5.09. The Balaban J connectivity index is 2.20. The molecule has 0 aromatic heterocycles. The van der Waals surface area contributed by atoms with E-state index in [4.69, 9.17) is 11.6 Å². The lowest BCUT2D eigenvalue weighted by Gasteiger charge is -2.23. The molecule has 4 nitrogen and oxygen atoms in total. The van der Waals surface area contributed by atoms with Gasteiger partial charge >= 0.3 is 0 Å². The zero-order valence-corrected chi connectivity index (χ0v) is 11.8. The van der Waals surface area contributed by atoms with Crippen LogP contribution in [0.5, 0.6) is 0 Å². The number of hydrogen-bond donors (Lipinski definition) is 0. The molecule has 0 saturated carbocycles. The summed E-state index contributed by atoms with van der Waals surface area (Å²) in [5.41, 5.74) is -0.101. The molecule has 1 aromatic carbocycles. The molecule has 1 heterocycles. The number of rotatable bonds is 2. The lowest BCUT2D eigenvalue weighted by molar-refractivity contribution is 0.0743. The lowest BCUT2D eigenvalue weighted by atomic mass is 10.1. The van der Waals surface area contributed by atoms with Crippen molar-refractivity contribution in [3.8, 4) is 0 Å². The summed E-state index contributed by atoms with van der Waals surface area (Å²) in [6, 6.07) is 3.40. The van der Waals surface area contributed by atoms with Crippen LogP contribution in [0.25, 0.3) is 0 Å². The number of carbonyl (C=O) groups is 1. The molecule has 0 radical (unpaired) electrons. The van der Waals surface area contributed by atoms with Gasteiger partial charge in [-0.1, -0.05) is 11.6 Å². The van der Waals surface area contributed by atoms with Crippen molar-refractivity contribution in [1.29, 1.82) is 0 Å². The largest absolute Gasteiger partial charge is 0.338 e. The van der Waals surface area contributed by atoms with Crippen LogP contribution in [-0.4, -0.2) is 43.8 Å². The number of sulfone groups is 1. The van der Waals surface area contributed by atoms with Crippen molar-refractivity contribution < 1.29 is 17.6 Å². The van der Waals surface area contributed by atoms with E-state index in [0.717, 1.165) is 6.07 Å². The van der Waals surface area contributed by atoms with Gasteiger partial charge in [0.1, 0.15) is 5.82 Å². The Labute approximate surface area is 116 Å². The van der Waals surface area contributed by atoms with E-state index in [1.54, 1.807) is 0 Å². The van der Waals surface area contributed by atoms with E-state index in [9.17, 15) is 17.6 Å². The SMILES string of the molecule is CN(C(=O)c1ccc(Cl)cc1F)C1CCS(=O)(=O)C1. The Bertz CT molecular complexity index is 617. The molecule has 2 rings (SSSR count). The van der Waals surface area contributed by atoms with Gasteiger partial charge in [0.15, 0.2) is 9.84 Å². The monoisotopic (exact) mass is 305 g/mol. The number of amides is 1. The van der Waals surface area contributed by atoms with Gasteiger partial charge in [0, 0.05) is 18.1 Å². The Hall–Kier alpha value is -1.14. The summed E-state index contributed by atoms with van der Waals surface area (Å²) in [5.74, 6) is -1.23. The zero-order valence-electron chi connectivity index (χ0n) is 10.3. The first-order chi connectivity index (χ1) is 8.80. The van der Waals surface area contributed by atoms with Crippen LogP contribution in [0, 0.1) is 5.82 Å². The number of carbonyl (C=O) groups excluding carboxylic acids is 1. The average molecular weight is 306 g/mol. The number of hydrogen-bond acceptors (Lipinski definition) is 3. The molecule has 0 N–H and O–H groups in total. The van der Waals surface area contributed by atoms with E-state index in [2.05, 4.69) is 0 Å². The Morgan fingerprint density at radius 1 is 1.47 bits per heavy atom. The summed E-state index contributed by atoms with van der Waals surface area (Å²) < 4.78 is 36.4. The van der Waals surface area contributed by atoms with Gasteiger partial charge in [-0.25, -0.2) is 12.8 Å². The number of nitrogens with zero attached hydrogens (tertiary/aromatic N) is 1. The first-order valence-electron chi connectivity index (χ1n) is 5.73. The molecule has 1 aliphatic rings. The minimum atomic E-state index is -3.08. The predicted octanol–water partition coefficient (Wildman–Crippen LogP) is 1.74. The Morgan fingerprint density at radius 3 is 2.68 bits per heavy atom. The van der Waals surface area contributed by atoms with Gasteiger partial charge in [0.25, 0.3) is 5.91 Å². The van der Waals surface area contributed by atoms with Crippen LogP contribution < -0.4 is 0 Å². The molecule has 1 saturated heterocycles. The van der Waals surface area contributed by atoms with E-state index in [-0.39, 0.29) is 22.1 Å². The maximum atomic E-state index is 13.7. The molecular weight excluding hydrogens is 293 g/mol. The summed E-state index contributed by atoms with van der Waals surface area (Å²) in [6.07, 6.45) is 0.389. The molecule has 7 heteroatoms. The normalized spacial score (nSPS) is 21.3. The van der Waals surface area contributed by atoms with Crippen molar-refractivity contribution in [3.63, 3.8) is 0 Å². The summed E-state index contributed by atoms with van der Waals surface area (Å²) in [5, 5.41) is 0.208. The fraction of sp³-hybridized carbons (Fsp3) is 0.417. The van der Waals surface area contributed by atoms with Gasteiger partial charge in [-0.3, -0.25) is 4.79 Å². The van der Waals surface area contributed by atoms with Crippen LogP contribution >= 0.6 is 11.6 Å². The van der Waals surface area contributed by atoms with E-state index in [1.807, 2.05) is 0 Å². The van der Waals surface area contributed by atoms with Crippen molar-refractivity contribution in [1.82, 2.24) is 4.90 Å². The third-order valence-electron chi connectivity index (χ3n) is 3.24. The fourth-order valence-corrected chi connectivity index (χ4v) is 4.03. The lowest BCUT2D eigenvalue weighted by Crippen LogP contribution is -2.38. The molecule has 104 valence electrons. The van der Waals surface area contributed by atoms with Gasteiger partial charge in [0.2, 0.25) is 0 Å². The second-order valence-electron chi connectivity index (χ2n) is 4.60. The first kappa shape index (κ1) is 14.3. The van der Waals surface area contributed by atoms with E-state index in [1.165, 1.54) is 24.1 Å². The maximum absolute atomic E-state index is 13.7. The smallest absolute Gasteiger partial charge is 0.256 e. The molecule has 19 heavy (non-hydrogen) atoms. The summed E-state index contributed by atoms with van der Waals surface area (Å²) >= 11 is 5.62. The van der Waals surface area contributed by atoms with Gasteiger partial charge in [0.05, 0.1) is 17.1 Å². The molecule has 0 bridgehead atoms. The predicted molar refractivity (Wildman–Crippen MR) is 70.6 cm³/mol. The van der Waals surface area contributed by atoms with Crippen LogP contribution in [0.4, 0.5) is 4.39 Å². The third-order valence-corrected chi connectivity index (χ3v) is 5.22. The molecule has 1 fully saturated rings. The molecule has 0 spiro atoms. The quantitative estimate of drug-likeness (QED) is 0.836. The van der Waals surface area contributed by atoms with Crippen LogP contribution in [0.3, 0.4) is 0 Å². The van der Waals surface area contributed by atoms with E-state index >= 15 is 0 Å². The topological polar surface area (TPSA) is 54.5 Å². The Morgan fingerprint density at radius 2 is 2.16 bits per heavy atom. The average Bonchev–Trinajstić information content (AvgIpc) is 2.68. The molecule has 0 aliphatic carbocycles. The molecule has 1 atom stereocenters. The zero-order chi connectivity index (χ0) is 14.2. The molecular formula is C12H13ClFNO3S. The third kappa shape index (κ3) is 3.06. The van der Waals surface area contributed by atoms with Crippen LogP contribution in [0.1, 0.15) is 16.8 Å². The molecule has 1 aromatic rings. The minimum Gasteiger partial charge on any atom is -0.338 e. The van der Waals surface area contributed by atoms with Gasteiger partial charge in [-0.05, 0) is 24.6 Å². The highest BCUT2D eigenvalue weighted by atomic mass is 35.5. The Kier molecular flexibility index (Phi) is 3.82. The number of benzene rings is 1. The highest BCUT2D eigenvalue weighted by Crippen LogP contribution is 2.21. The fourth-order valence-electron chi connectivity index (χ4n) is 2.10. The standard InChI is InChI=1S/C12H13ClFNO3S/c1-15(9-4-5-19(17,18)7-9)12(16)10-3-2-8(13)6-11(10)14/h2-3,6,9H,4-5,7H2,1H3. The van der Waals surface area contributed by atoms with Crippen molar-refractivity contribution in [2.24, 2.45) is 0 Å². The molecule has 1 unspecified atom stereocenters. The maximum Gasteiger partial charge on any atom is 0.256 e. The summed E-state index contributed by atoms with van der Waals surface area (Å²) in [4.78, 5) is 13.4. The molecule has 1 aliphatic heterocycles. The van der Waals surface area contributed by atoms with Gasteiger partial charge in [-0.2, -0.15) is 0 Å². The highest BCUT2D eigenvalue weighted by Gasteiger charge is 2.33. The van der Waals surface area contributed by atoms with E-state index in [0.29, 0.717) is 6.42 Å². The summed E-state index contributed by atoms with van der Waals surface area (Å²) in [6.45, 7) is 0. The van der Waals surface area contributed by atoms with Crippen molar-refractivity contribution >= 4 is 27.3 Å². The first-order valence-corrected chi connectivity index (χ1v) is 7.93. The van der Waals surface area contributed by atoms with Gasteiger partial charge in [-0.15, -0.1) is 0 Å². The highest BCUT2D eigenvalue weighted by molar-refractivity contribution is 7.91. The van der Waals surface area contributed by atoms with E-state index < -0.39 is 27.6 Å².